The van der Waals surface area contributed by atoms with Gasteiger partial charge in [-0.2, -0.15) is 8.75 Å². The number of methoxy groups -OCH3 is 1. The Labute approximate surface area is 212 Å². The van der Waals surface area contributed by atoms with E-state index in [0.29, 0.717) is 36.3 Å². The van der Waals surface area contributed by atoms with Gasteiger partial charge in [-0.3, -0.25) is 9.69 Å². The third-order valence-electron chi connectivity index (χ3n) is 7.47. The van der Waals surface area contributed by atoms with Gasteiger partial charge in [0.05, 0.1) is 36.6 Å². The summed E-state index contributed by atoms with van der Waals surface area (Å²) in [6.07, 6.45) is 8.76. The smallest absolute Gasteiger partial charge is 0.253 e. The van der Waals surface area contributed by atoms with Crippen LogP contribution in [0.25, 0.3) is 11.0 Å². The second kappa shape index (κ2) is 12.2. The van der Waals surface area contributed by atoms with Gasteiger partial charge in [0, 0.05) is 38.2 Å². The Morgan fingerprint density at radius 1 is 1.29 bits per heavy atom. The molecule has 2 aromatic rings. The van der Waals surface area contributed by atoms with Crippen molar-refractivity contribution >= 4 is 28.7 Å². The zero-order valence-corrected chi connectivity index (χ0v) is 22.1. The highest BCUT2D eigenvalue weighted by Gasteiger charge is 2.31. The van der Waals surface area contributed by atoms with Crippen molar-refractivity contribution in [1.82, 2.24) is 19.0 Å². The van der Waals surface area contributed by atoms with E-state index < -0.39 is 0 Å². The molecule has 1 saturated heterocycles. The number of nitrogens with one attached hydrogen (secondary N) is 1. The Morgan fingerprint density at radius 2 is 2.14 bits per heavy atom. The number of rotatable bonds is 10. The molecule has 1 fully saturated rings. The zero-order chi connectivity index (χ0) is 24.8. The molecule has 0 radical (unpaired) electrons. The molecule has 4 unspecified atom stereocenters. The van der Waals surface area contributed by atoms with Crippen LogP contribution in [0.5, 0.6) is 0 Å². The lowest BCUT2D eigenvalue weighted by atomic mass is 9.86. The summed E-state index contributed by atoms with van der Waals surface area (Å²) in [7, 11) is 1.70. The van der Waals surface area contributed by atoms with Crippen LogP contribution in [0.2, 0.25) is 0 Å². The maximum Gasteiger partial charge on any atom is 0.253 e. The van der Waals surface area contributed by atoms with Crippen LogP contribution in [0.15, 0.2) is 41.5 Å². The Balaban J connectivity index is 1.37. The number of nitrogens with zero attached hydrogens (tertiary/aromatic N) is 3. The van der Waals surface area contributed by atoms with Crippen LogP contribution in [-0.4, -0.2) is 71.2 Å². The summed E-state index contributed by atoms with van der Waals surface area (Å²) in [5.74, 6) is 0.315. The highest BCUT2D eigenvalue weighted by Crippen LogP contribution is 2.30. The first kappa shape index (κ1) is 25.9. The van der Waals surface area contributed by atoms with Gasteiger partial charge in [0.2, 0.25) is 0 Å². The average Bonchev–Trinajstić information content (AvgIpc) is 3.34. The summed E-state index contributed by atoms with van der Waals surface area (Å²) >= 11 is 1.15. The van der Waals surface area contributed by atoms with Gasteiger partial charge in [0.1, 0.15) is 11.0 Å². The van der Waals surface area contributed by atoms with E-state index in [4.69, 9.17) is 9.47 Å². The van der Waals surface area contributed by atoms with Gasteiger partial charge in [-0.15, -0.1) is 0 Å². The first-order valence-electron chi connectivity index (χ1n) is 12.8. The molecule has 0 saturated carbocycles. The molecular formula is C27H38N4O3S. The predicted molar refractivity (Wildman–Crippen MR) is 141 cm³/mol. The minimum absolute atomic E-state index is 0.0425. The summed E-state index contributed by atoms with van der Waals surface area (Å²) in [6.45, 7) is 9.89. The number of ether oxygens (including phenoxy) is 2. The number of fused-ring (bicyclic) bond motifs is 1. The second-order valence-electron chi connectivity index (χ2n) is 9.73. The Kier molecular flexibility index (Phi) is 9.05. The number of carbonyl (C=O) groups is 1. The molecule has 4 rings (SSSR count). The maximum atomic E-state index is 13.1. The minimum atomic E-state index is -0.0425. The standard InChI is InChI=1S/C27H38N4O3S/c1-5-7-22-16-21(28-27(32)23-8-6-9-24-26(23)30-35-29-24)12-13-31(22)17-20-10-11-25(19(3)18(20)2)34-15-14-33-4/h6,8-11,19,21-22,25H,5,7,12-17H2,1-4H3,(H,28,32). The lowest BCUT2D eigenvalue weighted by Gasteiger charge is -2.41. The fraction of sp³-hybridized carbons (Fsp3) is 0.593. The number of aromatic nitrogens is 2. The van der Waals surface area contributed by atoms with E-state index in [1.54, 1.807) is 7.11 Å². The number of piperidine rings is 1. The Morgan fingerprint density at radius 3 is 2.94 bits per heavy atom. The van der Waals surface area contributed by atoms with E-state index in [2.05, 4.69) is 51.9 Å². The molecule has 1 aromatic carbocycles. The van der Waals surface area contributed by atoms with Crippen LogP contribution < -0.4 is 5.32 Å². The van der Waals surface area contributed by atoms with Crippen molar-refractivity contribution in [3.05, 3.63) is 47.1 Å². The fourth-order valence-electron chi connectivity index (χ4n) is 5.24. The second-order valence-corrected chi connectivity index (χ2v) is 10.3. The first-order chi connectivity index (χ1) is 17.0. The van der Waals surface area contributed by atoms with Crippen molar-refractivity contribution in [2.45, 2.75) is 64.6 Å². The Hall–Kier alpha value is -2.13. The number of hydrogen-bond acceptors (Lipinski definition) is 7. The van der Waals surface area contributed by atoms with Gasteiger partial charge in [-0.25, -0.2) is 0 Å². The molecular weight excluding hydrogens is 460 g/mol. The molecule has 8 heteroatoms. The van der Waals surface area contributed by atoms with E-state index in [1.165, 1.54) is 11.1 Å². The van der Waals surface area contributed by atoms with Gasteiger partial charge in [-0.05, 0) is 43.9 Å². The van der Waals surface area contributed by atoms with Crippen LogP contribution in [0.1, 0.15) is 56.8 Å². The first-order valence-corrected chi connectivity index (χ1v) is 13.5. The number of carbonyl (C=O) groups excluding carboxylic acids is 1. The van der Waals surface area contributed by atoms with Crippen molar-refractivity contribution < 1.29 is 14.3 Å². The molecule has 0 bridgehead atoms. The highest BCUT2D eigenvalue weighted by molar-refractivity contribution is 7.00. The molecule has 2 aliphatic rings. The normalized spacial score (nSPS) is 25.4. The molecule has 1 N–H and O–H groups in total. The molecule has 4 atom stereocenters. The van der Waals surface area contributed by atoms with Gasteiger partial charge >= 0.3 is 0 Å². The number of hydrogen-bond donors (Lipinski definition) is 1. The minimum Gasteiger partial charge on any atom is -0.382 e. The quantitative estimate of drug-likeness (QED) is 0.482. The fourth-order valence-corrected chi connectivity index (χ4v) is 5.79. The SMILES string of the molecule is CCCC1CC(NC(=O)c2cccc3nsnc23)CCN1CC1=C(C)C(C)C(OCCOC)C=C1. The zero-order valence-electron chi connectivity index (χ0n) is 21.3. The topological polar surface area (TPSA) is 76.6 Å². The molecule has 190 valence electrons. The number of likely N-dealkylation sites (tertiary alicyclic amines) is 1. The number of benzene rings is 1. The van der Waals surface area contributed by atoms with E-state index in [-0.39, 0.29) is 18.1 Å². The highest BCUT2D eigenvalue weighted by atomic mass is 32.1. The van der Waals surface area contributed by atoms with Crippen LogP contribution in [0.4, 0.5) is 0 Å². The van der Waals surface area contributed by atoms with Crippen LogP contribution in [0, 0.1) is 5.92 Å². The van der Waals surface area contributed by atoms with E-state index >= 15 is 0 Å². The molecule has 1 aliphatic heterocycles. The lowest BCUT2D eigenvalue weighted by Crippen LogP contribution is -2.50. The van der Waals surface area contributed by atoms with E-state index in [0.717, 1.165) is 56.0 Å². The average molecular weight is 499 g/mol. The largest absolute Gasteiger partial charge is 0.382 e. The van der Waals surface area contributed by atoms with E-state index in [1.807, 2.05) is 18.2 Å². The van der Waals surface area contributed by atoms with Crippen LogP contribution >= 0.6 is 11.7 Å². The van der Waals surface area contributed by atoms with Crippen molar-refractivity contribution in [3.63, 3.8) is 0 Å². The predicted octanol–water partition coefficient (Wildman–Crippen LogP) is 4.61. The summed E-state index contributed by atoms with van der Waals surface area (Å²) < 4.78 is 19.7. The van der Waals surface area contributed by atoms with Crippen molar-refractivity contribution in [3.8, 4) is 0 Å². The lowest BCUT2D eigenvalue weighted by molar-refractivity contribution is 0.0214. The van der Waals surface area contributed by atoms with Gasteiger partial charge < -0.3 is 14.8 Å². The molecule has 1 amide bonds. The van der Waals surface area contributed by atoms with Gasteiger partial charge in [0.25, 0.3) is 5.91 Å². The molecule has 7 nitrogen and oxygen atoms in total. The van der Waals surface area contributed by atoms with Crippen LogP contribution in [0.3, 0.4) is 0 Å². The Bertz CT molecular complexity index is 1070. The van der Waals surface area contributed by atoms with Crippen molar-refractivity contribution in [1.29, 1.82) is 0 Å². The third-order valence-corrected chi connectivity index (χ3v) is 8.01. The van der Waals surface area contributed by atoms with E-state index in [9.17, 15) is 4.79 Å². The summed E-state index contributed by atoms with van der Waals surface area (Å²) in [5.41, 5.74) is 4.91. The molecule has 0 spiro atoms. The monoisotopic (exact) mass is 498 g/mol. The van der Waals surface area contributed by atoms with Gasteiger partial charge in [0.15, 0.2) is 0 Å². The molecule has 1 aromatic heterocycles. The molecule has 35 heavy (non-hydrogen) atoms. The molecule has 1 aliphatic carbocycles. The number of amides is 1. The summed E-state index contributed by atoms with van der Waals surface area (Å²) in [4.78, 5) is 15.7. The summed E-state index contributed by atoms with van der Waals surface area (Å²) in [6, 6.07) is 6.25. The summed E-state index contributed by atoms with van der Waals surface area (Å²) in [5, 5.41) is 3.29. The van der Waals surface area contributed by atoms with Crippen LogP contribution in [-0.2, 0) is 9.47 Å². The van der Waals surface area contributed by atoms with Crippen molar-refractivity contribution in [2.24, 2.45) is 5.92 Å². The maximum absolute atomic E-state index is 13.1. The molecule has 2 heterocycles. The third kappa shape index (κ3) is 6.17. The van der Waals surface area contributed by atoms with Gasteiger partial charge in [-0.1, -0.05) is 44.1 Å². The van der Waals surface area contributed by atoms with Crippen molar-refractivity contribution in [2.75, 3.05) is 33.4 Å².